The summed E-state index contributed by atoms with van der Waals surface area (Å²) < 4.78 is 2.00. The predicted octanol–water partition coefficient (Wildman–Crippen LogP) is 5.31. The Morgan fingerprint density at radius 3 is 2.59 bits per heavy atom. The largest absolute Gasteiger partial charge is 0.481 e. The van der Waals surface area contributed by atoms with E-state index >= 15 is 0 Å². The number of thiocarbonyl (C=S) groups is 1. The number of carboxylic acids is 1. The average Bonchev–Trinajstić information content (AvgIpc) is 3.23. The van der Waals surface area contributed by atoms with Crippen LogP contribution in [0.4, 0.5) is 5.82 Å². The van der Waals surface area contributed by atoms with E-state index in [1.54, 1.807) is 21.6 Å². The van der Waals surface area contributed by atoms with Gasteiger partial charge in [0.2, 0.25) is 0 Å². The number of benzene rings is 1. The van der Waals surface area contributed by atoms with E-state index in [4.69, 9.17) is 22.3 Å². The summed E-state index contributed by atoms with van der Waals surface area (Å²) in [6.07, 6.45) is 8.44. The molecule has 1 amide bonds. The van der Waals surface area contributed by atoms with Gasteiger partial charge >= 0.3 is 5.97 Å². The number of anilines is 1. The van der Waals surface area contributed by atoms with Crippen LogP contribution in [0.2, 0.25) is 0 Å². The van der Waals surface area contributed by atoms with E-state index < -0.39 is 5.97 Å². The Hall–Kier alpha value is -3.50. The first kappa shape index (κ1) is 29.0. The molecule has 0 bridgehead atoms. The zero-order valence-corrected chi connectivity index (χ0v) is 24.8. The summed E-state index contributed by atoms with van der Waals surface area (Å²) >= 11 is 6.71. The molecular formula is C31H34N4O4S2. The molecule has 0 spiro atoms. The number of aromatic nitrogens is 2. The molecule has 3 aromatic rings. The maximum atomic E-state index is 13.8. The Balaban J connectivity index is 1.39. The highest BCUT2D eigenvalue weighted by molar-refractivity contribution is 8.26. The van der Waals surface area contributed by atoms with Gasteiger partial charge in [0.25, 0.3) is 11.5 Å². The molecule has 2 fully saturated rings. The predicted molar refractivity (Wildman–Crippen MR) is 167 cm³/mol. The van der Waals surface area contributed by atoms with Crippen molar-refractivity contribution in [1.29, 1.82) is 0 Å². The standard InChI is InChI=1S/C31H34N4O4S2/c1-21-9-8-16-34-27(21)32-28(33-17-13-23(14-18-33)19-22-10-4-2-5-11-22)24(29(34)38)20-25-30(39)35(31(40)41-25)15-7-3-6-12-26(36)37/h2,4-5,8-11,16,20,23H,3,6-7,12-15,17-19H2,1H3,(H,36,37)/b25-20-. The molecule has 8 nitrogen and oxygen atoms in total. The van der Waals surface area contributed by atoms with Crippen LogP contribution in [0.25, 0.3) is 11.7 Å². The fraction of sp³-hybridized carbons (Fsp3) is 0.387. The zero-order chi connectivity index (χ0) is 28.9. The molecule has 214 valence electrons. The number of fused-ring (bicyclic) bond motifs is 1. The number of thioether (sulfide) groups is 1. The van der Waals surface area contributed by atoms with E-state index in [2.05, 4.69) is 29.2 Å². The number of rotatable bonds is 10. The van der Waals surface area contributed by atoms with Gasteiger partial charge in [-0.05, 0) is 68.2 Å². The van der Waals surface area contributed by atoms with E-state index in [1.165, 1.54) is 17.3 Å². The lowest BCUT2D eigenvalue weighted by Crippen LogP contribution is -2.37. The summed E-state index contributed by atoms with van der Waals surface area (Å²) in [7, 11) is 0. The second-order valence-corrected chi connectivity index (χ2v) is 12.4. The molecule has 1 N–H and O–H groups in total. The number of carboxylic acid groups (broad SMARTS) is 1. The third-order valence-electron chi connectivity index (χ3n) is 7.77. The van der Waals surface area contributed by atoms with Crippen LogP contribution in [0.5, 0.6) is 0 Å². The molecule has 5 rings (SSSR count). The van der Waals surface area contributed by atoms with Crippen molar-refractivity contribution in [1.82, 2.24) is 14.3 Å². The lowest BCUT2D eigenvalue weighted by Gasteiger charge is -2.33. The number of aryl methyl sites for hydroxylation is 1. The molecule has 0 unspecified atom stereocenters. The van der Waals surface area contributed by atoms with Crippen molar-refractivity contribution in [2.24, 2.45) is 5.92 Å². The molecule has 0 atom stereocenters. The summed E-state index contributed by atoms with van der Waals surface area (Å²) in [5.41, 5.74) is 3.06. The van der Waals surface area contributed by atoms with Crippen molar-refractivity contribution >= 4 is 57.7 Å². The Kier molecular flexibility index (Phi) is 9.19. The first-order valence-electron chi connectivity index (χ1n) is 14.1. The fourth-order valence-electron chi connectivity index (χ4n) is 5.51. The second-order valence-electron chi connectivity index (χ2n) is 10.7. The van der Waals surface area contributed by atoms with Gasteiger partial charge in [-0.15, -0.1) is 0 Å². The van der Waals surface area contributed by atoms with Gasteiger partial charge in [0, 0.05) is 32.3 Å². The number of pyridine rings is 1. The zero-order valence-electron chi connectivity index (χ0n) is 23.1. The Labute approximate surface area is 249 Å². The van der Waals surface area contributed by atoms with E-state index in [1.807, 2.05) is 25.1 Å². The number of nitrogens with zero attached hydrogens (tertiary/aromatic N) is 4. The Morgan fingerprint density at radius 2 is 1.85 bits per heavy atom. The van der Waals surface area contributed by atoms with Crippen molar-refractivity contribution in [3.05, 3.63) is 80.6 Å². The lowest BCUT2D eigenvalue weighted by atomic mass is 9.90. The number of unbranched alkanes of at least 4 members (excludes halogenated alkanes) is 2. The molecular weight excluding hydrogens is 556 g/mol. The highest BCUT2D eigenvalue weighted by Gasteiger charge is 2.33. The Bertz CT molecular complexity index is 1540. The van der Waals surface area contributed by atoms with Crippen LogP contribution < -0.4 is 10.5 Å². The van der Waals surface area contributed by atoms with Gasteiger partial charge < -0.3 is 10.0 Å². The van der Waals surface area contributed by atoms with Crippen molar-refractivity contribution in [3.63, 3.8) is 0 Å². The van der Waals surface area contributed by atoms with Crippen LogP contribution in [0.3, 0.4) is 0 Å². The van der Waals surface area contributed by atoms with Crippen LogP contribution in [0, 0.1) is 12.8 Å². The number of piperidine rings is 1. The molecule has 0 aliphatic carbocycles. The highest BCUT2D eigenvalue weighted by atomic mass is 32.2. The first-order chi connectivity index (χ1) is 19.8. The maximum absolute atomic E-state index is 13.8. The van der Waals surface area contributed by atoms with Crippen LogP contribution >= 0.6 is 24.0 Å². The minimum absolute atomic E-state index is 0.114. The highest BCUT2D eigenvalue weighted by Crippen LogP contribution is 2.34. The average molecular weight is 591 g/mol. The van der Waals surface area contributed by atoms with Gasteiger partial charge in [0.05, 0.1) is 10.5 Å². The van der Waals surface area contributed by atoms with E-state index in [0.29, 0.717) is 58.0 Å². The van der Waals surface area contributed by atoms with Crippen LogP contribution in [0.15, 0.2) is 58.4 Å². The summed E-state index contributed by atoms with van der Waals surface area (Å²) in [5, 5.41) is 8.84. The van der Waals surface area contributed by atoms with Crippen molar-refractivity contribution in [3.8, 4) is 0 Å². The van der Waals surface area contributed by atoms with Crippen LogP contribution in [-0.4, -0.2) is 55.2 Å². The molecule has 2 saturated heterocycles. The minimum atomic E-state index is -0.819. The van der Waals surface area contributed by atoms with Gasteiger partial charge in [-0.2, -0.15) is 0 Å². The van der Waals surface area contributed by atoms with Crippen LogP contribution in [-0.2, 0) is 16.0 Å². The third kappa shape index (κ3) is 6.70. The number of hydrogen-bond acceptors (Lipinski definition) is 7. The molecule has 0 saturated carbocycles. The normalized spacial score (nSPS) is 17.2. The SMILES string of the molecule is Cc1cccn2c(=O)c(/C=C3\SC(=S)N(CCCCCC(=O)O)C3=O)c(N3CCC(Cc4ccccc4)CC3)nc12. The minimum Gasteiger partial charge on any atom is -0.481 e. The number of amides is 1. The number of aliphatic carboxylic acids is 1. The molecule has 10 heteroatoms. The fourth-order valence-corrected chi connectivity index (χ4v) is 6.80. The van der Waals surface area contributed by atoms with Gasteiger partial charge in [0.1, 0.15) is 15.8 Å². The van der Waals surface area contributed by atoms with Crippen molar-refractivity contribution in [2.45, 2.75) is 51.9 Å². The summed E-state index contributed by atoms with van der Waals surface area (Å²) in [5.74, 6) is 0.133. The lowest BCUT2D eigenvalue weighted by molar-refractivity contribution is -0.137. The van der Waals surface area contributed by atoms with E-state index in [9.17, 15) is 14.4 Å². The third-order valence-corrected chi connectivity index (χ3v) is 9.14. The number of hydrogen-bond donors (Lipinski definition) is 1. The van der Waals surface area contributed by atoms with Gasteiger partial charge in [-0.1, -0.05) is 66.8 Å². The smallest absolute Gasteiger partial charge is 0.303 e. The molecule has 4 heterocycles. The second kappa shape index (κ2) is 13.0. The van der Waals surface area contributed by atoms with Gasteiger partial charge in [-0.25, -0.2) is 4.98 Å². The summed E-state index contributed by atoms with van der Waals surface area (Å²) in [6, 6.07) is 14.3. The number of carbonyl (C=O) groups is 2. The maximum Gasteiger partial charge on any atom is 0.303 e. The molecule has 2 aromatic heterocycles. The number of carbonyl (C=O) groups excluding carboxylic acids is 1. The molecule has 41 heavy (non-hydrogen) atoms. The summed E-state index contributed by atoms with van der Waals surface area (Å²) in [4.78, 5) is 47.1. The van der Waals surface area contributed by atoms with Gasteiger partial charge in [-0.3, -0.25) is 23.7 Å². The molecule has 2 aliphatic heterocycles. The summed E-state index contributed by atoms with van der Waals surface area (Å²) in [6.45, 7) is 3.94. The molecule has 2 aliphatic rings. The van der Waals surface area contributed by atoms with E-state index in [-0.39, 0.29) is 17.9 Å². The van der Waals surface area contributed by atoms with Gasteiger partial charge in [0.15, 0.2) is 0 Å². The molecule has 1 aromatic carbocycles. The molecule has 0 radical (unpaired) electrons. The quantitative estimate of drug-likeness (QED) is 0.193. The monoisotopic (exact) mass is 590 g/mol. The van der Waals surface area contributed by atoms with Crippen molar-refractivity contribution < 1.29 is 14.7 Å². The van der Waals surface area contributed by atoms with Crippen LogP contribution in [0.1, 0.15) is 55.2 Å². The topological polar surface area (TPSA) is 95.2 Å². The van der Waals surface area contributed by atoms with Crippen molar-refractivity contribution in [2.75, 3.05) is 24.5 Å². The first-order valence-corrected chi connectivity index (χ1v) is 15.3. The Morgan fingerprint density at radius 1 is 1.10 bits per heavy atom. The van der Waals surface area contributed by atoms with E-state index in [0.717, 1.165) is 37.9 Å².